The number of pyridine rings is 1. The Morgan fingerprint density at radius 2 is 1.81 bits per heavy atom. The van der Waals surface area contributed by atoms with Crippen molar-refractivity contribution in [2.75, 3.05) is 11.8 Å². The highest BCUT2D eigenvalue weighted by Gasteiger charge is 2.24. The lowest BCUT2D eigenvalue weighted by Crippen LogP contribution is -2.17. The maximum absolute atomic E-state index is 13.1. The molecule has 3 aromatic rings. The van der Waals surface area contributed by atoms with E-state index in [-0.39, 0.29) is 28.2 Å². The van der Waals surface area contributed by atoms with Crippen LogP contribution in [-0.4, -0.2) is 41.6 Å². The number of carboxylic acids is 1. The SMILES string of the molecule is COc1nc(C)cnc1NS(=O)(=O)c1cccnc1-c1ccc(C(C)C(C)C(=O)O)cc1. The average Bonchev–Trinajstić information content (AvgIpc) is 2.79. The second-order valence-corrected chi connectivity index (χ2v) is 9.01. The zero-order valence-electron chi connectivity index (χ0n) is 18.1. The second-order valence-electron chi connectivity index (χ2n) is 7.36. The Morgan fingerprint density at radius 3 is 2.44 bits per heavy atom. The van der Waals surface area contributed by atoms with Crippen LogP contribution in [-0.2, 0) is 14.8 Å². The summed E-state index contributed by atoms with van der Waals surface area (Å²) < 4.78 is 33.9. The van der Waals surface area contributed by atoms with E-state index in [0.29, 0.717) is 11.3 Å². The average molecular weight is 457 g/mol. The molecular formula is C22H24N4O5S. The first kappa shape index (κ1) is 23.1. The zero-order valence-corrected chi connectivity index (χ0v) is 18.9. The molecular weight excluding hydrogens is 432 g/mol. The fraction of sp³-hybridized carbons (Fsp3) is 0.273. The highest BCUT2D eigenvalue weighted by molar-refractivity contribution is 7.92. The molecule has 2 heterocycles. The van der Waals surface area contributed by atoms with Gasteiger partial charge in [0.05, 0.1) is 30.6 Å². The summed E-state index contributed by atoms with van der Waals surface area (Å²) in [7, 11) is -2.68. The van der Waals surface area contributed by atoms with Gasteiger partial charge in [-0.1, -0.05) is 38.1 Å². The number of carbonyl (C=O) groups is 1. The summed E-state index contributed by atoms with van der Waals surface area (Å²) in [6.07, 6.45) is 2.94. The van der Waals surface area contributed by atoms with Gasteiger partial charge >= 0.3 is 5.97 Å². The van der Waals surface area contributed by atoms with Gasteiger partial charge in [-0.2, -0.15) is 0 Å². The number of benzene rings is 1. The molecule has 10 heteroatoms. The summed E-state index contributed by atoms with van der Waals surface area (Å²) >= 11 is 0. The molecule has 3 rings (SSSR count). The van der Waals surface area contributed by atoms with Crippen molar-refractivity contribution in [2.24, 2.45) is 5.92 Å². The van der Waals surface area contributed by atoms with Gasteiger partial charge in [-0.25, -0.2) is 18.4 Å². The van der Waals surface area contributed by atoms with E-state index in [2.05, 4.69) is 19.7 Å². The first-order chi connectivity index (χ1) is 15.1. The maximum atomic E-state index is 13.1. The molecule has 0 fully saturated rings. The van der Waals surface area contributed by atoms with E-state index in [0.717, 1.165) is 5.56 Å². The van der Waals surface area contributed by atoms with Crippen LogP contribution in [0.2, 0.25) is 0 Å². The zero-order chi connectivity index (χ0) is 23.5. The van der Waals surface area contributed by atoms with Crippen molar-refractivity contribution in [1.29, 1.82) is 0 Å². The van der Waals surface area contributed by atoms with Crippen molar-refractivity contribution in [3.05, 3.63) is 60.0 Å². The summed E-state index contributed by atoms with van der Waals surface area (Å²) in [6.45, 7) is 5.21. The third-order valence-corrected chi connectivity index (χ3v) is 6.57. The van der Waals surface area contributed by atoms with Crippen LogP contribution in [0.1, 0.15) is 31.0 Å². The molecule has 0 radical (unpaired) electrons. The minimum Gasteiger partial charge on any atom is -0.481 e. The van der Waals surface area contributed by atoms with Crippen LogP contribution in [0.3, 0.4) is 0 Å². The Labute approximate surface area is 186 Å². The topological polar surface area (TPSA) is 131 Å². The van der Waals surface area contributed by atoms with Gasteiger partial charge < -0.3 is 9.84 Å². The molecule has 0 saturated heterocycles. The molecule has 2 atom stereocenters. The summed E-state index contributed by atoms with van der Waals surface area (Å²) in [4.78, 5) is 23.7. The largest absolute Gasteiger partial charge is 0.481 e. The normalized spacial score (nSPS) is 13.2. The minimum atomic E-state index is -4.06. The second kappa shape index (κ2) is 9.31. The van der Waals surface area contributed by atoms with Crippen molar-refractivity contribution in [3.8, 4) is 17.1 Å². The summed E-state index contributed by atoms with van der Waals surface area (Å²) in [5, 5.41) is 9.24. The number of hydrogen-bond donors (Lipinski definition) is 2. The number of anilines is 1. The van der Waals surface area contributed by atoms with E-state index >= 15 is 0 Å². The summed E-state index contributed by atoms with van der Waals surface area (Å²) in [5.41, 5.74) is 2.25. The molecule has 9 nitrogen and oxygen atoms in total. The number of methoxy groups -OCH3 is 1. The van der Waals surface area contributed by atoms with Crippen LogP contribution < -0.4 is 9.46 Å². The van der Waals surface area contributed by atoms with Crippen LogP contribution in [0.15, 0.2) is 53.7 Å². The lowest BCUT2D eigenvalue weighted by Gasteiger charge is -2.17. The quantitative estimate of drug-likeness (QED) is 0.527. The Kier molecular flexibility index (Phi) is 6.73. The summed E-state index contributed by atoms with van der Waals surface area (Å²) in [5.74, 6) is -1.60. The lowest BCUT2D eigenvalue weighted by atomic mass is 9.88. The Hall–Kier alpha value is -3.53. The molecule has 0 aliphatic heterocycles. The number of aromatic nitrogens is 3. The molecule has 2 N–H and O–H groups in total. The van der Waals surface area contributed by atoms with E-state index in [1.807, 2.05) is 6.92 Å². The third-order valence-electron chi connectivity index (χ3n) is 5.19. The summed E-state index contributed by atoms with van der Waals surface area (Å²) in [6, 6.07) is 10.0. The minimum absolute atomic E-state index is 0.0280. The molecule has 0 amide bonds. The molecule has 0 bridgehead atoms. The van der Waals surface area contributed by atoms with Gasteiger partial charge in [-0.3, -0.25) is 14.5 Å². The van der Waals surface area contributed by atoms with E-state index in [9.17, 15) is 18.3 Å². The predicted molar refractivity (Wildman–Crippen MR) is 119 cm³/mol. The van der Waals surface area contributed by atoms with E-state index < -0.39 is 21.9 Å². The molecule has 32 heavy (non-hydrogen) atoms. The molecule has 168 valence electrons. The fourth-order valence-corrected chi connectivity index (χ4v) is 4.31. The third kappa shape index (κ3) is 4.86. The number of ether oxygens (including phenoxy) is 1. The number of nitrogens with one attached hydrogen (secondary N) is 1. The van der Waals surface area contributed by atoms with Gasteiger partial charge in [0.1, 0.15) is 4.90 Å². The number of aryl methyl sites for hydroxylation is 1. The van der Waals surface area contributed by atoms with Crippen LogP contribution in [0.5, 0.6) is 5.88 Å². The van der Waals surface area contributed by atoms with Crippen LogP contribution >= 0.6 is 0 Å². The number of aliphatic carboxylic acids is 1. The van der Waals surface area contributed by atoms with Gasteiger partial charge in [0.25, 0.3) is 15.9 Å². The van der Waals surface area contributed by atoms with Crippen molar-refractivity contribution in [1.82, 2.24) is 15.0 Å². The van der Waals surface area contributed by atoms with Gasteiger partial charge in [-0.05, 0) is 30.5 Å². The number of hydrogen-bond acceptors (Lipinski definition) is 7. The molecule has 1 aromatic carbocycles. The Bertz CT molecular complexity index is 1230. The number of rotatable bonds is 8. The smallest absolute Gasteiger partial charge is 0.306 e. The lowest BCUT2D eigenvalue weighted by molar-refractivity contribution is -0.141. The molecule has 2 aromatic heterocycles. The maximum Gasteiger partial charge on any atom is 0.306 e. The standard InChI is InChI=1S/C22H24N4O5S/c1-13-12-24-20(21(25-13)31-4)26-32(29,30)18-6-5-11-23-19(18)17-9-7-16(8-10-17)14(2)15(3)22(27)28/h5-12,14-15H,1-4H3,(H,24,26)(H,27,28). The first-order valence-electron chi connectivity index (χ1n) is 9.82. The van der Waals surface area contributed by atoms with Gasteiger partial charge in [0.2, 0.25) is 5.82 Å². The Morgan fingerprint density at radius 1 is 1.12 bits per heavy atom. The van der Waals surface area contributed by atoms with Gasteiger partial charge in [0.15, 0.2) is 0 Å². The molecule has 0 saturated carbocycles. The first-order valence-corrected chi connectivity index (χ1v) is 11.3. The fourth-order valence-electron chi connectivity index (χ4n) is 3.12. The number of nitrogens with zero attached hydrogens (tertiary/aromatic N) is 3. The number of sulfonamides is 1. The number of carboxylic acid groups (broad SMARTS) is 1. The van der Waals surface area contributed by atoms with Gasteiger partial charge in [-0.15, -0.1) is 0 Å². The van der Waals surface area contributed by atoms with Crippen LogP contribution in [0.25, 0.3) is 11.3 Å². The van der Waals surface area contributed by atoms with Crippen molar-refractivity contribution in [3.63, 3.8) is 0 Å². The molecule has 0 aliphatic rings. The van der Waals surface area contributed by atoms with Gasteiger partial charge in [0, 0.05) is 11.8 Å². The highest BCUT2D eigenvalue weighted by Crippen LogP contribution is 2.31. The van der Waals surface area contributed by atoms with Crippen LogP contribution in [0.4, 0.5) is 5.82 Å². The van der Waals surface area contributed by atoms with E-state index in [1.54, 1.807) is 38.1 Å². The van der Waals surface area contributed by atoms with E-state index in [1.165, 1.54) is 31.6 Å². The van der Waals surface area contributed by atoms with Crippen molar-refractivity contribution in [2.45, 2.75) is 31.6 Å². The highest BCUT2D eigenvalue weighted by atomic mass is 32.2. The Balaban J connectivity index is 1.96. The molecule has 0 spiro atoms. The predicted octanol–water partition coefficient (Wildman–Crippen LogP) is 3.48. The van der Waals surface area contributed by atoms with Crippen molar-refractivity contribution < 1.29 is 23.1 Å². The molecule has 2 unspecified atom stereocenters. The van der Waals surface area contributed by atoms with Crippen molar-refractivity contribution >= 4 is 21.8 Å². The van der Waals surface area contributed by atoms with E-state index in [4.69, 9.17) is 4.74 Å². The monoisotopic (exact) mass is 456 g/mol. The van der Waals surface area contributed by atoms with Crippen LogP contribution in [0, 0.1) is 12.8 Å². The molecule has 0 aliphatic carbocycles.